The maximum atomic E-state index is 13.1. The van der Waals surface area contributed by atoms with E-state index in [2.05, 4.69) is 16.8 Å². The van der Waals surface area contributed by atoms with Gasteiger partial charge in [0.2, 0.25) is 0 Å². The van der Waals surface area contributed by atoms with Gasteiger partial charge in [-0.25, -0.2) is 4.98 Å². The quantitative estimate of drug-likeness (QED) is 0.181. The molecule has 1 N–H and O–H groups in total. The Balaban J connectivity index is 1.57. The highest BCUT2D eigenvalue weighted by Crippen LogP contribution is 2.31. The van der Waals surface area contributed by atoms with Crippen molar-refractivity contribution in [1.82, 2.24) is 14.9 Å². The van der Waals surface area contributed by atoms with Gasteiger partial charge in [0, 0.05) is 24.2 Å². The van der Waals surface area contributed by atoms with Gasteiger partial charge in [-0.2, -0.15) is 0 Å². The Morgan fingerprint density at radius 3 is 2.42 bits per heavy atom. The first-order chi connectivity index (χ1) is 19.5. The smallest absolute Gasteiger partial charge is 0.253 e. The van der Waals surface area contributed by atoms with Crippen molar-refractivity contribution < 1.29 is 23.7 Å². The van der Waals surface area contributed by atoms with Crippen LogP contribution in [0.5, 0.6) is 23.0 Å². The molecular formula is C31H37N3O5S. The molecule has 40 heavy (non-hydrogen) atoms. The van der Waals surface area contributed by atoms with Crippen LogP contribution in [0.15, 0.2) is 53.9 Å². The van der Waals surface area contributed by atoms with Crippen LogP contribution in [0.25, 0.3) is 11.4 Å². The number of nitrogens with zero attached hydrogens (tertiary/aromatic N) is 2. The van der Waals surface area contributed by atoms with Crippen molar-refractivity contribution >= 4 is 17.2 Å². The lowest BCUT2D eigenvalue weighted by molar-refractivity contribution is 0.0952. The second-order valence-electron chi connectivity index (χ2n) is 9.32. The topological polar surface area (TPSA) is 83.8 Å². The highest BCUT2D eigenvalue weighted by Gasteiger charge is 2.20. The van der Waals surface area contributed by atoms with Crippen LogP contribution >= 0.6 is 11.3 Å². The van der Waals surface area contributed by atoms with Gasteiger partial charge in [-0.1, -0.05) is 19.4 Å². The van der Waals surface area contributed by atoms with Crippen molar-refractivity contribution in [1.29, 1.82) is 0 Å². The van der Waals surface area contributed by atoms with Gasteiger partial charge in [0.05, 0.1) is 38.3 Å². The number of carbonyl (C=O) groups excluding carboxylic acids is 1. The molecule has 0 saturated carbocycles. The number of unbranched alkanes of at least 4 members (excludes halogenated alkanes) is 1. The molecule has 0 aliphatic carbocycles. The summed E-state index contributed by atoms with van der Waals surface area (Å²) >= 11 is 1.54. The average Bonchev–Trinajstić information content (AvgIpc) is 3.59. The molecule has 4 rings (SSSR count). The molecule has 0 aliphatic rings. The molecule has 0 fully saturated rings. The van der Waals surface area contributed by atoms with E-state index in [9.17, 15) is 4.79 Å². The van der Waals surface area contributed by atoms with E-state index in [0.717, 1.165) is 58.4 Å². The van der Waals surface area contributed by atoms with Crippen LogP contribution in [-0.4, -0.2) is 43.3 Å². The molecule has 8 nitrogen and oxygen atoms in total. The molecule has 4 aromatic rings. The largest absolute Gasteiger partial charge is 0.497 e. The molecule has 0 saturated heterocycles. The lowest BCUT2D eigenvalue weighted by Crippen LogP contribution is -2.24. The van der Waals surface area contributed by atoms with E-state index in [4.69, 9.17) is 23.9 Å². The molecule has 0 bridgehead atoms. The number of ether oxygens (including phenoxy) is 4. The third-order valence-corrected chi connectivity index (χ3v) is 7.56. The molecule has 0 unspecified atom stereocenters. The van der Waals surface area contributed by atoms with E-state index in [0.29, 0.717) is 36.8 Å². The number of aromatic nitrogens is 2. The lowest BCUT2D eigenvalue weighted by atomic mass is 10.1. The van der Waals surface area contributed by atoms with Crippen LogP contribution in [0.1, 0.15) is 46.4 Å². The van der Waals surface area contributed by atoms with Gasteiger partial charge in [-0.15, -0.1) is 11.3 Å². The molecule has 2 aromatic heterocycles. The van der Waals surface area contributed by atoms with Crippen molar-refractivity contribution in [2.75, 3.05) is 27.9 Å². The molecule has 2 heterocycles. The Labute approximate surface area is 239 Å². The number of amides is 1. The Morgan fingerprint density at radius 2 is 1.73 bits per heavy atom. The number of carbonyl (C=O) groups is 1. The summed E-state index contributed by atoms with van der Waals surface area (Å²) in [6, 6.07) is 15.4. The van der Waals surface area contributed by atoms with Crippen molar-refractivity contribution in [3.05, 3.63) is 75.7 Å². The first-order valence-electron chi connectivity index (χ1n) is 13.4. The summed E-state index contributed by atoms with van der Waals surface area (Å²) in [7, 11) is 4.90. The molecule has 0 atom stereocenters. The first kappa shape index (κ1) is 29.0. The zero-order valence-electron chi connectivity index (χ0n) is 23.8. The van der Waals surface area contributed by atoms with Crippen LogP contribution in [0.2, 0.25) is 0 Å². The fourth-order valence-corrected chi connectivity index (χ4v) is 5.14. The number of hydrogen-bond acceptors (Lipinski definition) is 7. The van der Waals surface area contributed by atoms with Gasteiger partial charge in [0.15, 0.2) is 11.5 Å². The number of rotatable bonds is 14. The maximum absolute atomic E-state index is 13.1. The Bertz CT molecular complexity index is 1410. The Morgan fingerprint density at radius 1 is 0.975 bits per heavy atom. The fraction of sp³-hybridized carbons (Fsp3) is 0.355. The minimum Gasteiger partial charge on any atom is -0.497 e. The number of nitrogens with one attached hydrogen (secondary N) is 1. The number of thiazole rings is 1. The van der Waals surface area contributed by atoms with Gasteiger partial charge >= 0.3 is 0 Å². The van der Waals surface area contributed by atoms with Gasteiger partial charge in [-0.3, -0.25) is 4.79 Å². The van der Waals surface area contributed by atoms with Crippen molar-refractivity contribution in [2.24, 2.45) is 0 Å². The predicted molar refractivity (Wildman–Crippen MR) is 158 cm³/mol. The molecule has 1 amide bonds. The van der Waals surface area contributed by atoms with Crippen LogP contribution in [0.4, 0.5) is 0 Å². The minimum absolute atomic E-state index is 0.0599. The molecule has 0 radical (unpaired) electrons. The summed E-state index contributed by atoms with van der Waals surface area (Å²) in [4.78, 5) is 17.9. The third kappa shape index (κ3) is 6.96. The molecule has 0 spiro atoms. The van der Waals surface area contributed by atoms with Crippen molar-refractivity contribution in [2.45, 2.75) is 46.3 Å². The zero-order chi connectivity index (χ0) is 28.5. The first-order valence-corrected chi connectivity index (χ1v) is 14.3. The van der Waals surface area contributed by atoms with Crippen LogP contribution in [-0.2, 0) is 19.6 Å². The molecule has 212 valence electrons. The van der Waals surface area contributed by atoms with Gasteiger partial charge < -0.3 is 28.8 Å². The van der Waals surface area contributed by atoms with E-state index < -0.39 is 0 Å². The maximum Gasteiger partial charge on any atom is 0.253 e. The average molecular weight is 564 g/mol. The van der Waals surface area contributed by atoms with E-state index in [1.807, 2.05) is 60.8 Å². The minimum atomic E-state index is -0.0599. The lowest BCUT2D eigenvalue weighted by Gasteiger charge is -2.13. The van der Waals surface area contributed by atoms with Crippen LogP contribution in [0, 0.1) is 6.92 Å². The highest BCUT2D eigenvalue weighted by atomic mass is 32.1. The van der Waals surface area contributed by atoms with Gasteiger partial charge in [-0.05, 0) is 67.8 Å². The Hall–Kier alpha value is -3.98. The number of benzene rings is 2. The van der Waals surface area contributed by atoms with Crippen LogP contribution < -0.4 is 24.3 Å². The second-order valence-corrected chi connectivity index (χ2v) is 10.3. The predicted octanol–water partition coefficient (Wildman–Crippen LogP) is 6.30. The van der Waals surface area contributed by atoms with Gasteiger partial charge in [0.25, 0.3) is 5.91 Å². The van der Waals surface area contributed by atoms with Gasteiger partial charge in [0.1, 0.15) is 23.1 Å². The zero-order valence-corrected chi connectivity index (χ0v) is 24.6. The van der Waals surface area contributed by atoms with E-state index in [1.54, 1.807) is 21.3 Å². The number of methoxy groups -OCH3 is 3. The second kappa shape index (κ2) is 13.9. The van der Waals surface area contributed by atoms with Crippen molar-refractivity contribution in [3.63, 3.8) is 0 Å². The fourth-order valence-electron chi connectivity index (χ4n) is 4.44. The highest BCUT2D eigenvalue weighted by molar-refractivity contribution is 7.09. The van der Waals surface area contributed by atoms with Crippen LogP contribution in [0.3, 0.4) is 0 Å². The summed E-state index contributed by atoms with van der Waals surface area (Å²) in [5.41, 5.74) is 4.42. The van der Waals surface area contributed by atoms with E-state index in [-0.39, 0.29) is 5.91 Å². The Kier molecular flexibility index (Phi) is 10.1. The van der Waals surface area contributed by atoms with E-state index in [1.165, 1.54) is 11.3 Å². The number of aryl methyl sites for hydroxylation is 1. The SMILES string of the molecule is CCCCNC(=O)c1cc(-c2csc(COc3ccc(OC)cc3)n2)n(CCc2ccc(OC)c(OC)c2)c1C. The molecule has 9 heteroatoms. The molecular weight excluding hydrogens is 526 g/mol. The monoisotopic (exact) mass is 563 g/mol. The van der Waals surface area contributed by atoms with Crippen molar-refractivity contribution in [3.8, 4) is 34.4 Å². The summed E-state index contributed by atoms with van der Waals surface area (Å²) in [5, 5.41) is 5.93. The summed E-state index contributed by atoms with van der Waals surface area (Å²) < 4.78 is 24.2. The number of hydrogen-bond donors (Lipinski definition) is 1. The summed E-state index contributed by atoms with van der Waals surface area (Å²) in [6.45, 7) is 5.79. The molecule has 0 aliphatic heterocycles. The standard InChI is InChI=1S/C31H37N3O5S/c1-6-7-15-32-31(35)25-18-27(26-20-40-30(33-26)19-39-24-11-9-23(36-3)10-12-24)34(21(25)2)16-14-22-8-13-28(37-4)29(17-22)38-5/h8-13,17-18,20H,6-7,14-16,19H2,1-5H3,(H,32,35). The normalized spacial score (nSPS) is 10.8. The molecule has 2 aromatic carbocycles. The van der Waals surface area contributed by atoms with E-state index >= 15 is 0 Å². The third-order valence-electron chi connectivity index (χ3n) is 6.73. The summed E-state index contributed by atoms with van der Waals surface area (Å²) in [5.74, 6) is 2.86. The summed E-state index contributed by atoms with van der Waals surface area (Å²) in [6.07, 6.45) is 2.72.